The molecule has 24 nitrogen and oxygen atoms in total. The van der Waals surface area contributed by atoms with Crippen molar-refractivity contribution in [1.29, 1.82) is 0 Å². The number of carboxylic acids is 1. The maximum atomic E-state index is 14.0. The van der Waals surface area contributed by atoms with E-state index in [9.17, 15) is 73.5 Å². The van der Waals surface area contributed by atoms with Crippen LogP contribution in [0.1, 0.15) is 154 Å². The first-order valence-corrected chi connectivity index (χ1v) is 49.8. The Hall–Kier alpha value is -11.4. The molecular formula is C97H83Br4F8N15O9S4. The van der Waals surface area contributed by atoms with E-state index in [1.807, 2.05) is 36.9 Å². The Morgan fingerprint density at radius 3 is 1.04 bits per heavy atom. The Kier molecular flexibility index (Phi) is 31.2. The molecule has 137 heavy (non-hydrogen) atoms. The average molecular weight is 2200 g/mol. The number of thiophene rings is 4. The molecule has 0 spiro atoms. The van der Waals surface area contributed by atoms with E-state index in [-0.39, 0.29) is 81.0 Å². The van der Waals surface area contributed by atoms with E-state index in [0.29, 0.717) is 64.0 Å². The molecule has 10 N–H and O–H groups in total. The van der Waals surface area contributed by atoms with Crippen molar-refractivity contribution in [3.8, 4) is 45.0 Å². The number of carboxylic acid groups (broad SMARTS) is 1. The van der Waals surface area contributed by atoms with Crippen LogP contribution in [0.15, 0.2) is 188 Å². The zero-order chi connectivity index (χ0) is 96.9. The summed E-state index contributed by atoms with van der Waals surface area (Å²) in [5, 5.41) is 35.3. The van der Waals surface area contributed by atoms with Crippen LogP contribution in [0, 0.1) is 52.5 Å². The molecule has 0 radical (unpaired) electrons. The molecule has 708 valence electrons. The van der Waals surface area contributed by atoms with Crippen molar-refractivity contribution in [2.24, 2.45) is 23.1 Å². The molecule has 1 aliphatic carbocycles. The number of nitrogens with one attached hydrogen (secondary N) is 3. The molecule has 0 bridgehead atoms. The van der Waals surface area contributed by atoms with Crippen LogP contribution in [-0.2, 0) is 77.5 Å². The van der Waals surface area contributed by atoms with Crippen LogP contribution in [0.4, 0.5) is 35.1 Å². The zero-order valence-corrected chi connectivity index (χ0v) is 81.9. The highest BCUT2D eigenvalue weighted by Gasteiger charge is 2.41. The summed E-state index contributed by atoms with van der Waals surface area (Å²) in [4.78, 5) is 108. The molecule has 6 aromatic carbocycles. The molecule has 5 amide bonds. The number of ketones is 2. The lowest BCUT2D eigenvalue weighted by Gasteiger charge is -2.24. The minimum Gasteiger partial charge on any atom is -0.477 e. The summed E-state index contributed by atoms with van der Waals surface area (Å²) < 4.78 is 119. The molecule has 8 aromatic heterocycles. The molecule has 0 fully saturated rings. The molecule has 20 rings (SSSR count). The minimum atomic E-state index is -1.01. The maximum absolute atomic E-state index is 14.0. The van der Waals surface area contributed by atoms with Gasteiger partial charge in [-0.15, -0.1) is 45.3 Å². The maximum Gasteiger partial charge on any atom is 0.345 e. The minimum absolute atomic E-state index is 0.0831. The van der Waals surface area contributed by atoms with Crippen molar-refractivity contribution in [3.05, 3.63) is 318 Å². The number of hydrogen-bond acceptors (Lipinski definition) is 19. The standard InChI is InChI=1S/C28H21BrF2N4O3S.2C20H19BrF2N4OS.C18H15F2NO2.C11H9BrN2O2S/c29-20-13-32-35-9-3-6-23-19(25(20)35)12-24(39-23)26(36)33-16(10-15-7-8-21(30)22(31)11-15)14-34-27(37)17-4-1-2-5-18(17)28(34)38;2*21-16-10-25-27-3-1-2-17-15(19(16)27)8-18(29-17)20(28)26-14(9-24)6-11-4-12(22)7-13(23)5-11;19-11-5-10(6-12(20)8-11)7-13(21)9-16-17(22)14-3-1-2-4-15(14)18(16)23;12-7-5-13-14-3-1-2-8-6(10(7)14)4-9(17-8)11(15)16/h1-2,4-5,7-8,11-13,16H,3,6,9-10,14H2,(H,33,36);2*4-5,7-8,10,14H,1-3,6,9,24H2,(H,26,28);1-6,8,13,16H,7,9,21H2;4-5H,1-3H2,(H,15,16)/t16-;2*14-;13-;/m0000./s1. The fourth-order valence-electron chi connectivity index (χ4n) is 17.4. The molecule has 40 heteroatoms. The molecule has 4 atom stereocenters. The molecule has 13 heterocycles. The summed E-state index contributed by atoms with van der Waals surface area (Å²) in [7, 11) is 0. The summed E-state index contributed by atoms with van der Waals surface area (Å²) in [5.74, 6) is -9.82. The van der Waals surface area contributed by atoms with Gasteiger partial charge in [0.05, 0.1) is 103 Å². The molecular weight excluding hydrogens is 2120 g/mol. The monoisotopic (exact) mass is 2200 g/mol. The quantitative estimate of drug-likeness (QED) is 0.0200. The molecule has 6 aliphatic rings. The number of amides is 5. The average Bonchev–Trinajstić information content (AvgIpc) is 1.66. The van der Waals surface area contributed by atoms with Gasteiger partial charge in [-0.3, -0.25) is 57.2 Å². The second-order valence-electron chi connectivity index (χ2n) is 33.2. The number of carbonyl (C=O) groups is 8. The third kappa shape index (κ3) is 22.6. The number of aryl methyl sites for hydroxylation is 8. The van der Waals surface area contributed by atoms with Crippen LogP contribution in [0.3, 0.4) is 0 Å². The lowest BCUT2D eigenvalue weighted by Crippen LogP contribution is -2.46. The lowest BCUT2D eigenvalue weighted by molar-refractivity contribution is 0.0626. The van der Waals surface area contributed by atoms with E-state index in [2.05, 4.69) is 100 Å². The van der Waals surface area contributed by atoms with Gasteiger partial charge >= 0.3 is 5.97 Å². The fourth-order valence-corrected chi connectivity index (χ4v) is 23.8. The van der Waals surface area contributed by atoms with E-state index >= 15 is 0 Å². The summed E-state index contributed by atoms with van der Waals surface area (Å²) >= 11 is 19.8. The van der Waals surface area contributed by atoms with Gasteiger partial charge in [-0.05, 0) is 254 Å². The van der Waals surface area contributed by atoms with Crippen LogP contribution in [-0.4, -0.2) is 140 Å². The summed E-state index contributed by atoms with van der Waals surface area (Å²) in [6.07, 6.45) is 15.2. The molecule has 5 aliphatic heterocycles. The van der Waals surface area contributed by atoms with Gasteiger partial charge in [0.15, 0.2) is 23.2 Å². The summed E-state index contributed by atoms with van der Waals surface area (Å²) in [6.45, 7) is 3.53. The van der Waals surface area contributed by atoms with E-state index in [1.54, 1.807) is 79.4 Å². The number of aromatic carboxylic acids is 1. The second kappa shape index (κ2) is 43.3. The van der Waals surface area contributed by atoms with Gasteiger partial charge in [0.25, 0.3) is 29.5 Å². The number of nitrogens with two attached hydrogens (primary N) is 3. The van der Waals surface area contributed by atoms with Crippen LogP contribution in [0.25, 0.3) is 45.0 Å². The Morgan fingerprint density at radius 1 is 0.394 bits per heavy atom. The predicted octanol–water partition coefficient (Wildman–Crippen LogP) is 19.0. The van der Waals surface area contributed by atoms with Crippen LogP contribution in [0.2, 0.25) is 0 Å². The molecule has 0 unspecified atom stereocenters. The van der Waals surface area contributed by atoms with Gasteiger partial charge in [0.1, 0.15) is 39.8 Å². The van der Waals surface area contributed by atoms with Gasteiger partial charge in [-0.2, -0.15) is 20.4 Å². The SMILES string of the molecule is NC[C@H](Cc1cc(F)cc(F)c1)NC(=O)c1cc2c(s1)CCCn1ncc(Br)c1-2.NC[C@H](Cc1cc(F)cc(F)c1)NC(=O)c1cc2c(s1)CCCn1ncc(Br)c1-2.N[C@@H](Cc1cc(F)cc(F)c1)CC1C(=O)c2ccccc2C1=O.O=C(N[C@@H](Cc1ccc(F)c(F)c1)CN1C(=O)c2ccccc2C1=O)c1cc2c(s1)CCCn1ncc(Br)c1-2.O=C(O)c1cc2c(s1)CCCn1ncc(Br)c1-2. The van der Waals surface area contributed by atoms with Crippen LogP contribution < -0.4 is 33.2 Å². The van der Waals surface area contributed by atoms with E-state index < -0.39 is 94.4 Å². The largest absolute Gasteiger partial charge is 0.477 e. The van der Waals surface area contributed by atoms with E-state index in [0.717, 1.165) is 195 Å². The Balaban J connectivity index is 0.000000127. The number of nitrogens with zero attached hydrogens (tertiary/aromatic N) is 9. The van der Waals surface area contributed by atoms with Crippen molar-refractivity contribution in [2.45, 2.75) is 134 Å². The van der Waals surface area contributed by atoms with Crippen LogP contribution in [0.5, 0.6) is 0 Å². The number of rotatable bonds is 21. The molecule has 0 saturated heterocycles. The number of aromatic nitrogens is 8. The number of benzene rings is 6. The van der Waals surface area contributed by atoms with Crippen molar-refractivity contribution in [1.82, 2.24) is 60.0 Å². The van der Waals surface area contributed by atoms with Crippen molar-refractivity contribution in [3.63, 3.8) is 0 Å². The van der Waals surface area contributed by atoms with E-state index in [1.165, 1.54) is 87.8 Å². The highest BCUT2D eigenvalue weighted by atomic mass is 79.9. The second-order valence-corrected chi connectivity index (χ2v) is 41.2. The van der Waals surface area contributed by atoms with Gasteiger partial charge in [0.2, 0.25) is 0 Å². The molecule has 0 saturated carbocycles. The predicted molar refractivity (Wildman–Crippen MR) is 518 cm³/mol. The number of imide groups is 1. The van der Waals surface area contributed by atoms with Crippen molar-refractivity contribution < 1.29 is 78.6 Å². The van der Waals surface area contributed by atoms with E-state index in [4.69, 9.17) is 22.3 Å². The first-order valence-electron chi connectivity index (χ1n) is 43.4. The summed E-state index contributed by atoms with van der Waals surface area (Å²) in [5.41, 5.74) is 28.6. The lowest BCUT2D eigenvalue weighted by atomic mass is 9.92. The molecule has 14 aromatic rings. The number of carbonyl (C=O) groups excluding carboxylic acids is 7. The van der Waals surface area contributed by atoms with Crippen molar-refractivity contribution >= 4 is 156 Å². The zero-order valence-electron chi connectivity index (χ0n) is 72.3. The number of fused-ring (bicyclic) bond motifs is 14. The van der Waals surface area contributed by atoms with Crippen molar-refractivity contribution in [2.75, 3.05) is 19.6 Å². The first kappa shape index (κ1) is 98.6. The fraction of sp³-hybridized carbons (Fsp3) is 0.258. The summed E-state index contributed by atoms with van der Waals surface area (Å²) in [6, 6.07) is 31.8. The number of hydrogen-bond donors (Lipinski definition) is 7. The Bertz CT molecular complexity index is 6730. The first-order chi connectivity index (χ1) is 65.8. The third-order valence-electron chi connectivity index (χ3n) is 23.6. The number of Topliss-reactive ketones (excluding diaryl/α,β-unsaturated/α-hetero) is 2. The van der Waals surface area contributed by atoms with Crippen LogP contribution >= 0.6 is 109 Å². The van der Waals surface area contributed by atoms with Gasteiger partial charge < -0.3 is 38.3 Å². The normalized spacial score (nSPS) is 14.6. The highest BCUT2D eigenvalue weighted by Crippen LogP contribution is 2.44. The Labute approximate surface area is 828 Å². The van der Waals surface area contributed by atoms with Gasteiger partial charge in [0, 0.05) is 135 Å². The topological polar surface area (TPSA) is 345 Å². The van der Waals surface area contributed by atoms with Gasteiger partial charge in [-0.25, -0.2) is 39.9 Å². The third-order valence-corrected chi connectivity index (χ3v) is 30.7. The van der Waals surface area contributed by atoms with Gasteiger partial charge in [-0.1, -0.05) is 42.5 Å². The Morgan fingerprint density at radius 2 is 0.708 bits per heavy atom. The highest BCUT2D eigenvalue weighted by molar-refractivity contribution is 9.11. The number of halogens is 12. The smallest absolute Gasteiger partial charge is 0.345 e.